The first kappa shape index (κ1) is 24.9. The Bertz CT molecular complexity index is 668. The minimum absolute atomic E-state index is 0.159. The highest BCUT2D eigenvalue weighted by atomic mass is 32.2. The second-order valence-corrected chi connectivity index (χ2v) is 9.38. The van der Waals surface area contributed by atoms with Crippen LogP contribution < -0.4 is 0 Å². The van der Waals surface area contributed by atoms with Crippen molar-refractivity contribution >= 4 is 23.6 Å². The van der Waals surface area contributed by atoms with Crippen molar-refractivity contribution in [2.45, 2.75) is 82.1 Å². The molecule has 0 spiro atoms. The average molecular weight is 446 g/mol. The fraction of sp³-hybridized carbons (Fsp3) is 0.727. The molecule has 1 saturated heterocycles. The molecule has 0 aromatic heterocycles. The molecule has 1 amide bonds. The van der Waals surface area contributed by atoms with Crippen molar-refractivity contribution in [2.24, 2.45) is 5.92 Å². The molecule has 30 heavy (non-hydrogen) atoms. The molecule has 0 radical (unpaired) electrons. The Hall–Kier alpha value is -1.41. The lowest BCUT2D eigenvalue weighted by Gasteiger charge is -2.23. The van der Waals surface area contributed by atoms with E-state index in [4.69, 9.17) is 4.74 Å². The average Bonchev–Trinajstić information content (AvgIpc) is 3.17. The summed E-state index contributed by atoms with van der Waals surface area (Å²) in [6, 6.07) is -0.703. The number of halogens is 2. The van der Waals surface area contributed by atoms with Gasteiger partial charge in [0.05, 0.1) is 24.2 Å². The van der Waals surface area contributed by atoms with Gasteiger partial charge >= 0.3 is 11.9 Å². The number of thioether (sulfide) groups is 1. The number of allylic oxidation sites excluding steroid dienone is 1. The molecule has 2 rings (SSSR count). The Morgan fingerprint density at radius 3 is 2.83 bits per heavy atom. The quantitative estimate of drug-likeness (QED) is 0.292. The van der Waals surface area contributed by atoms with Crippen molar-refractivity contribution in [1.29, 1.82) is 0 Å². The predicted octanol–water partition coefficient (Wildman–Crippen LogP) is 4.31. The number of esters is 1. The smallest absolute Gasteiger partial charge is 0.344 e. The lowest BCUT2D eigenvalue weighted by Crippen LogP contribution is -2.37. The van der Waals surface area contributed by atoms with Crippen molar-refractivity contribution in [3.8, 4) is 0 Å². The van der Waals surface area contributed by atoms with E-state index in [2.05, 4.69) is 6.92 Å². The molecular weight excluding hydrogens is 412 g/mol. The molecule has 5 nitrogen and oxygen atoms in total. The molecule has 1 fully saturated rings. The summed E-state index contributed by atoms with van der Waals surface area (Å²) in [4.78, 5) is 25.7. The van der Waals surface area contributed by atoms with E-state index < -0.39 is 30.4 Å². The van der Waals surface area contributed by atoms with Crippen LogP contribution in [0.15, 0.2) is 23.1 Å². The number of aliphatic hydroxyl groups excluding tert-OH is 1. The van der Waals surface area contributed by atoms with Gasteiger partial charge in [-0.2, -0.15) is 8.78 Å². The number of nitrogens with zero attached hydrogens (tertiary/aromatic N) is 1. The molecule has 1 N–H and O–H groups in total. The molecule has 0 aliphatic carbocycles. The summed E-state index contributed by atoms with van der Waals surface area (Å²) >= 11 is 1.45. The maximum Gasteiger partial charge on any atom is 0.344 e. The van der Waals surface area contributed by atoms with E-state index in [0.29, 0.717) is 24.2 Å². The Morgan fingerprint density at radius 2 is 2.17 bits per heavy atom. The van der Waals surface area contributed by atoms with Gasteiger partial charge in [0.15, 0.2) is 0 Å². The minimum Gasteiger partial charge on any atom is -0.465 e. The van der Waals surface area contributed by atoms with Gasteiger partial charge in [0.25, 0.3) is 5.91 Å². The largest absolute Gasteiger partial charge is 0.465 e. The summed E-state index contributed by atoms with van der Waals surface area (Å²) in [5, 5.41) is 10.2. The number of hydrogen-bond donors (Lipinski definition) is 1. The van der Waals surface area contributed by atoms with Gasteiger partial charge in [-0.1, -0.05) is 51.3 Å². The molecule has 0 bridgehead atoms. The Labute approximate surface area is 181 Å². The number of hydrogen-bond acceptors (Lipinski definition) is 5. The van der Waals surface area contributed by atoms with Gasteiger partial charge in [-0.3, -0.25) is 4.79 Å². The fourth-order valence-electron chi connectivity index (χ4n) is 3.87. The Morgan fingerprint density at radius 1 is 1.43 bits per heavy atom. The second kappa shape index (κ2) is 11.3. The molecule has 4 atom stereocenters. The standard InChI is InChI=1S/C22H33F2NO4S/c1-4-5-6-8-17(26)11-10-16-14-22(23,24)21(28)25(16)12-7-9-18-15(2)13-19(30-18)20(27)29-3/h10-11,13,15-18,26H,4-9,12,14H2,1-3H3/b11-10+/t15?,16-,17+,18?/m0/s1. The van der Waals surface area contributed by atoms with Crippen molar-refractivity contribution < 1.29 is 28.2 Å². The second-order valence-electron chi connectivity index (χ2n) is 8.10. The van der Waals surface area contributed by atoms with Gasteiger partial charge in [-0.25, -0.2) is 4.79 Å². The lowest BCUT2D eigenvalue weighted by atomic mass is 10.0. The van der Waals surface area contributed by atoms with Crippen LogP contribution in [0.1, 0.15) is 58.8 Å². The van der Waals surface area contributed by atoms with E-state index >= 15 is 0 Å². The summed E-state index contributed by atoms with van der Waals surface area (Å²) in [5.74, 6) is -4.68. The summed E-state index contributed by atoms with van der Waals surface area (Å²) in [6.07, 6.45) is 8.55. The van der Waals surface area contributed by atoms with Crippen LogP contribution in [0.25, 0.3) is 0 Å². The highest BCUT2D eigenvalue weighted by Gasteiger charge is 2.52. The van der Waals surface area contributed by atoms with Crippen molar-refractivity contribution in [3.05, 3.63) is 23.1 Å². The van der Waals surface area contributed by atoms with Gasteiger partial charge in [-0.05, 0) is 25.2 Å². The number of rotatable bonds is 11. The first-order valence-electron chi connectivity index (χ1n) is 10.7. The summed E-state index contributed by atoms with van der Waals surface area (Å²) in [6.45, 7) is 4.31. The van der Waals surface area contributed by atoms with Crippen LogP contribution in [-0.2, 0) is 14.3 Å². The monoisotopic (exact) mass is 445 g/mol. The summed E-state index contributed by atoms with van der Waals surface area (Å²) in [5.41, 5.74) is 0. The highest BCUT2D eigenvalue weighted by Crippen LogP contribution is 2.40. The third-order valence-corrected chi connectivity index (χ3v) is 7.18. The molecule has 2 aliphatic rings. The Balaban J connectivity index is 1.89. The molecule has 2 heterocycles. The topological polar surface area (TPSA) is 66.8 Å². The molecular formula is C22H33F2NO4S. The number of likely N-dealkylation sites (tertiary alicyclic amines) is 1. The number of amides is 1. The van der Waals surface area contributed by atoms with Crippen LogP contribution in [0.4, 0.5) is 8.78 Å². The van der Waals surface area contributed by atoms with E-state index in [1.807, 2.05) is 13.0 Å². The lowest BCUT2D eigenvalue weighted by molar-refractivity contribution is -0.148. The molecule has 8 heteroatoms. The number of ether oxygens (including phenoxy) is 1. The third kappa shape index (κ3) is 6.54. The van der Waals surface area contributed by atoms with E-state index in [1.165, 1.54) is 23.8 Å². The third-order valence-electron chi connectivity index (χ3n) is 5.65. The molecule has 0 aromatic rings. The molecule has 170 valence electrons. The molecule has 2 aliphatic heterocycles. The fourth-order valence-corrected chi connectivity index (χ4v) is 5.25. The molecule has 0 aromatic carbocycles. The molecule has 0 saturated carbocycles. The van der Waals surface area contributed by atoms with E-state index in [0.717, 1.165) is 19.3 Å². The van der Waals surface area contributed by atoms with Crippen LogP contribution in [0, 0.1) is 5.92 Å². The van der Waals surface area contributed by atoms with Gasteiger partial charge in [0.1, 0.15) is 0 Å². The maximum absolute atomic E-state index is 14.0. The van der Waals surface area contributed by atoms with Crippen LogP contribution in [0.5, 0.6) is 0 Å². The van der Waals surface area contributed by atoms with Crippen LogP contribution in [0.2, 0.25) is 0 Å². The number of carbonyl (C=O) groups is 2. The van der Waals surface area contributed by atoms with Gasteiger partial charge < -0.3 is 14.7 Å². The van der Waals surface area contributed by atoms with E-state index in [9.17, 15) is 23.5 Å². The van der Waals surface area contributed by atoms with Gasteiger partial charge in [-0.15, -0.1) is 11.8 Å². The zero-order chi connectivity index (χ0) is 22.3. The number of aliphatic hydroxyl groups is 1. The van der Waals surface area contributed by atoms with Crippen LogP contribution >= 0.6 is 11.8 Å². The first-order chi connectivity index (χ1) is 14.2. The Kier molecular flexibility index (Phi) is 9.34. The van der Waals surface area contributed by atoms with Crippen LogP contribution in [-0.4, -0.2) is 58.9 Å². The maximum atomic E-state index is 14.0. The summed E-state index contributed by atoms with van der Waals surface area (Å²) < 4.78 is 32.8. The van der Waals surface area contributed by atoms with Crippen molar-refractivity contribution in [1.82, 2.24) is 4.90 Å². The number of methoxy groups -OCH3 is 1. The van der Waals surface area contributed by atoms with Gasteiger partial charge in [0, 0.05) is 18.2 Å². The van der Waals surface area contributed by atoms with E-state index in [-0.39, 0.29) is 23.7 Å². The summed E-state index contributed by atoms with van der Waals surface area (Å²) in [7, 11) is 1.34. The minimum atomic E-state index is -3.36. The number of carbonyl (C=O) groups excluding carboxylic acids is 2. The highest BCUT2D eigenvalue weighted by molar-refractivity contribution is 8.04. The number of unbranched alkanes of at least 4 members (excludes halogenated alkanes) is 2. The number of alkyl halides is 2. The van der Waals surface area contributed by atoms with Crippen LogP contribution in [0.3, 0.4) is 0 Å². The normalized spacial score (nSPS) is 27.0. The zero-order valence-corrected chi connectivity index (χ0v) is 18.8. The SMILES string of the molecule is CCCCC[C@@H](O)/C=C/[C@H]1CC(F)(F)C(=O)N1CCCC1SC(C(=O)OC)=CC1C. The van der Waals surface area contributed by atoms with Crippen molar-refractivity contribution in [2.75, 3.05) is 13.7 Å². The first-order valence-corrected chi connectivity index (χ1v) is 11.6. The zero-order valence-electron chi connectivity index (χ0n) is 18.0. The van der Waals surface area contributed by atoms with Gasteiger partial charge in [0.2, 0.25) is 0 Å². The predicted molar refractivity (Wildman–Crippen MR) is 114 cm³/mol. The van der Waals surface area contributed by atoms with Crippen molar-refractivity contribution in [3.63, 3.8) is 0 Å². The van der Waals surface area contributed by atoms with E-state index in [1.54, 1.807) is 12.2 Å². The molecule has 2 unspecified atom stereocenters.